The van der Waals surface area contributed by atoms with E-state index in [-0.39, 0.29) is 0 Å². The van der Waals surface area contributed by atoms with Gasteiger partial charge in [-0.1, -0.05) is 12.1 Å². The van der Waals surface area contributed by atoms with Crippen LogP contribution in [0.2, 0.25) is 0 Å². The largest absolute Gasteiger partial charge is 0.356 e. The lowest BCUT2D eigenvalue weighted by atomic mass is 9.96. The first kappa shape index (κ1) is 14.4. The van der Waals surface area contributed by atoms with Crippen molar-refractivity contribution in [1.29, 1.82) is 0 Å². The first-order valence-corrected chi connectivity index (χ1v) is 8.65. The highest BCUT2D eigenvalue weighted by molar-refractivity contribution is 5.74. The van der Waals surface area contributed by atoms with Gasteiger partial charge in [0.2, 0.25) is 0 Å². The maximum atomic E-state index is 4.78. The molecule has 1 aliphatic rings. The van der Waals surface area contributed by atoms with Crippen molar-refractivity contribution in [2.75, 3.05) is 18.0 Å². The fraction of sp³-hybridized carbons (Fsp3) is 0.333. The van der Waals surface area contributed by atoms with Crippen LogP contribution >= 0.6 is 0 Å². The number of rotatable bonds is 2. The van der Waals surface area contributed by atoms with Gasteiger partial charge in [0.25, 0.3) is 5.78 Å². The molecule has 1 aliphatic heterocycles. The molecule has 7 nitrogen and oxygen atoms in total. The van der Waals surface area contributed by atoms with E-state index in [0.717, 1.165) is 54.3 Å². The smallest absolute Gasteiger partial charge is 0.254 e. The van der Waals surface area contributed by atoms with E-state index >= 15 is 0 Å². The maximum Gasteiger partial charge on any atom is 0.254 e. The molecule has 0 atom stereocenters. The minimum absolute atomic E-state index is 0.470. The Morgan fingerprint density at radius 2 is 1.96 bits per heavy atom. The molecule has 126 valence electrons. The summed E-state index contributed by atoms with van der Waals surface area (Å²) < 4.78 is 1.83. The highest BCUT2D eigenvalue weighted by Crippen LogP contribution is 2.30. The van der Waals surface area contributed by atoms with Crippen LogP contribution in [0.5, 0.6) is 0 Å². The van der Waals surface area contributed by atoms with E-state index in [1.807, 2.05) is 23.6 Å². The van der Waals surface area contributed by atoms with Crippen molar-refractivity contribution >= 4 is 22.6 Å². The molecule has 0 bridgehead atoms. The second-order valence-corrected chi connectivity index (χ2v) is 6.63. The summed E-state index contributed by atoms with van der Waals surface area (Å²) in [5, 5.41) is 4.32. The standard InChI is InChI=1S/C18H19N7/c1-12-10-16(25-18(21-12)19-11-20-25)24-8-6-13(7-9-24)17-22-14-4-2-3-5-15(14)23-17/h2-5,10-11,13H,6-9H2,1H3,(H,22,23). The van der Waals surface area contributed by atoms with Gasteiger partial charge in [-0.2, -0.15) is 14.6 Å². The number of aryl methyl sites for hydroxylation is 1. The third kappa shape index (κ3) is 2.43. The molecule has 0 amide bonds. The van der Waals surface area contributed by atoms with Gasteiger partial charge >= 0.3 is 0 Å². The van der Waals surface area contributed by atoms with Gasteiger partial charge in [0.05, 0.1) is 11.0 Å². The fourth-order valence-corrected chi connectivity index (χ4v) is 3.68. The predicted molar refractivity (Wildman–Crippen MR) is 95.8 cm³/mol. The number of anilines is 1. The van der Waals surface area contributed by atoms with Crippen LogP contribution in [0, 0.1) is 6.92 Å². The van der Waals surface area contributed by atoms with E-state index in [2.05, 4.69) is 43.1 Å². The molecule has 0 saturated carbocycles. The molecule has 0 spiro atoms. The lowest BCUT2D eigenvalue weighted by molar-refractivity contribution is 0.484. The molecule has 4 aromatic rings. The lowest BCUT2D eigenvalue weighted by Crippen LogP contribution is -2.34. The summed E-state index contributed by atoms with van der Waals surface area (Å²) in [5.41, 5.74) is 3.14. The average Bonchev–Trinajstić information content (AvgIpc) is 3.27. The van der Waals surface area contributed by atoms with Gasteiger partial charge < -0.3 is 9.88 Å². The number of aromatic nitrogens is 6. The summed E-state index contributed by atoms with van der Waals surface area (Å²) in [4.78, 5) is 19.3. The number of nitrogens with zero attached hydrogens (tertiary/aromatic N) is 6. The van der Waals surface area contributed by atoms with E-state index in [1.54, 1.807) is 6.33 Å². The van der Waals surface area contributed by atoms with Crippen LogP contribution in [0.15, 0.2) is 36.7 Å². The summed E-state index contributed by atoms with van der Waals surface area (Å²) in [5.74, 6) is 3.31. The fourth-order valence-electron chi connectivity index (χ4n) is 3.68. The zero-order chi connectivity index (χ0) is 16.8. The van der Waals surface area contributed by atoms with Crippen LogP contribution in [0.4, 0.5) is 5.82 Å². The molecular formula is C18H19N7. The van der Waals surface area contributed by atoms with E-state index in [0.29, 0.717) is 11.7 Å². The maximum absolute atomic E-state index is 4.78. The van der Waals surface area contributed by atoms with E-state index in [9.17, 15) is 0 Å². The number of para-hydroxylation sites is 2. The van der Waals surface area contributed by atoms with Crippen molar-refractivity contribution in [1.82, 2.24) is 29.5 Å². The van der Waals surface area contributed by atoms with Gasteiger partial charge in [0, 0.05) is 30.8 Å². The first-order chi connectivity index (χ1) is 12.3. The Bertz CT molecular complexity index is 1010. The molecule has 1 aromatic carbocycles. The number of benzene rings is 1. The van der Waals surface area contributed by atoms with Gasteiger partial charge in [-0.05, 0) is 31.9 Å². The molecule has 1 saturated heterocycles. The van der Waals surface area contributed by atoms with E-state index in [1.165, 1.54) is 0 Å². The average molecular weight is 333 g/mol. The molecule has 1 fully saturated rings. The van der Waals surface area contributed by atoms with Crippen molar-refractivity contribution in [2.24, 2.45) is 0 Å². The van der Waals surface area contributed by atoms with Crippen LogP contribution in [-0.4, -0.2) is 42.6 Å². The minimum atomic E-state index is 0.470. The van der Waals surface area contributed by atoms with E-state index < -0.39 is 0 Å². The summed E-state index contributed by atoms with van der Waals surface area (Å²) in [6, 6.07) is 10.3. The van der Waals surface area contributed by atoms with Crippen molar-refractivity contribution in [2.45, 2.75) is 25.7 Å². The highest BCUT2D eigenvalue weighted by Gasteiger charge is 2.25. The van der Waals surface area contributed by atoms with Crippen molar-refractivity contribution in [3.05, 3.63) is 48.2 Å². The Balaban J connectivity index is 1.39. The molecule has 0 unspecified atom stereocenters. The number of imidazole rings is 1. The molecule has 4 heterocycles. The Morgan fingerprint density at radius 3 is 2.80 bits per heavy atom. The van der Waals surface area contributed by atoms with Gasteiger partial charge in [-0.3, -0.25) is 0 Å². The Kier molecular flexibility index (Phi) is 3.19. The topological polar surface area (TPSA) is 75.0 Å². The quantitative estimate of drug-likeness (QED) is 0.610. The zero-order valence-corrected chi connectivity index (χ0v) is 14.1. The third-order valence-corrected chi connectivity index (χ3v) is 4.97. The number of piperidine rings is 1. The number of H-pyrrole nitrogens is 1. The second-order valence-electron chi connectivity index (χ2n) is 6.63. The summed E-state index contributed by atoms with van der Waals surface area (Å²) in [6.45, 7) is 3.94. The Morgan fingerprint density at radius 1 is 1.12 bits per heavy atom. The van der Waals surface area contributed by atoms with Crippen molar-refractivity contribution in [3.63, 3.8) is 0 Å². The third-order valence-electron chi connectivity index (χ3n) is 4.97. The van der Waals surface area contributed by atoms with Crippen molar-refractivity contribution in [3.8, 4) is 0 Å². The van der Waals surface area contributed by atoms with E-state index in [4.69, 9.17) is 4.98 Å². The predicted octanol–water partition coefficient (Wildman–Crippen LogP) is 2.69. The van der Waals surface area contributed by atoms with Crippen molar-refractivity contribution < 1.29 is 0 Å². The van der Waals surface area contributed by atoms with Gasteiger partial charge in [0.15, 0.2) is 0 Å². The molecule has 25 heavy (non-hydrogen) atoms. The molecular weight excluding hydrogens is 314 g/mol. The number of nitrogens with one attached hydrogen (secondary N) is 1. The summed E-state index contributed by atoms with van der Waals surface area (Å²) in [7, 11) is 0. The summed E-state index contributed by atoms with van der Waals surface area (Å²) in [6.07, 6.45) is 3.70. The van der Waals surface area contributed by atoms with Crippen LogP contribution in [0.3, 0.4) is 0 Å². The normalized spacial score (nSPS) is 16.1. The molecule has 3 aromatic heterocycles. The van der Waals surface area contributed by atoms with Gasteiger partial charge in [-0.25, -0.2) is 9.97 Å². The molecule has 0 aliphatic carbocycles. The van der Waals surface area contributed by atoms with Crippen LogP contribution in [0.1, 0.15) is 30.3 Å². The molecule has 7 heteroatoms. The second kappa shape index (κ2) is 5.54. The highest BCUT2D eigenvalue weighted by atomic mass is 15.4. The number of fused-ring (bicyclic) bond motifs is 2. The Labute approximate surface area is 144 Å². The number of aromatic amines is 1. The zero-order valence-electron chi connectivity index (χ0n) is 14.1. The first-order valence-electron chi connectivity index (χ1n) is 8.65. The lowest BCUT2D eigenvalue weighted by Gasteiger charge is -2.32. The number of hydrogen-bond acceptors (Lipinski definition) is 5. The van der Waals surface area contributed by atoms with Crippen LogP contribution in [0.25, 0.3) is 16.8 Å². The van der Waals surface area contributed by atoms with Crippen LogP contribution < -0.4 is 4.90 Å². The van der Waals surface area contributed by atoms with Gasteiger partial charge in [0.1, 0.15) is 18.0 Å². The molecule has 5 rings (SSSR count). The number of hydrogen-bond donors (Lipinski definition) is 1. The SMILES string of the molecule is Cc1cc(N2CCC(c3nc4ccccc4[nH]3)CC2)n2ncnc2n1. The van der Waals surface area contributed by atoms with Gasteiger partial charge in [-0.15, -0.1) is 0 Å². The minimum Gasteiger partial charge on any atom is -0.356 e. The molecule has 1 N–H and O–H groups in total. The molecule has 0 radical (unpaired) electrons. The monoisotopic (exact) mass is 333 g/mol. The summed E-state index contributed by atoms with van der Waals surface area (Å²) >= 11 is 0. The Hall–Kier alpha value is -2.96. The van der Waals surface area contributed by atoms with Crippen LogP contribution in [-0.2, 0) is 0 Å².